The summed E-state index contributed by atoms with van der Waals surface area (Å²) in [5.41, 5.74) is 5.11. The smallest absolute Gasteiger partial charge is 0.303 e. The van der Waals surface area contributed by atoms with Gasteiger partial charge in [-0.05, 0) is 97.0 Å². The summed E-state index contributed by atoms with van der Waals surface area (Å²) in [6.07, 6.45) is 7.06. The van der Waals surface area contributed by atoms with Gasteiger partial charge >= 0.3 is 5.97 Å². The molecule has 0 atom stereocenters. The molecule has 0 heterocycles. The molecule has 0 aliphatic rings. The first kappa shape index (κ1) is 33.2. The Morgan fingerprint density at radius 2 is 1.26 bits per heavy atom. The molecule has 0 fully saturated rings. The van der Waals surface area contributed by atoms with Crippen molar-refractivity contribution in [3.63, 3.8) is 0 Å². The standard InChI is InChI=1S/C33H52O4Si2/c1-30(2,3)38-36-32(7,8)27-21-26(22-28(23-27)33(9,10)37-39-31(4,5)6)19-18-25-16-13-15-24(20-25)14-11-12-17-29(34)35/h13,15-16,18-23H,11-12,14,17,38-39H2,1-10H3,(H,34,35). The first-order valence-corrected chi connectivity index (χ1v) is 16.9. The Balaban J connectivity index is 2.38. The lowest BCUT2D eigenvalue weighted by molar-refractivity contribution is -0.137. The average Bonchev–Trinajstić information content (AvgIpc) is 2.82. The number of carboxylic acids is 1. The van der Waals surface area contributed by atoms with Gasteiger partial charge in [-0.1, -0.05) is 84.0 Å². The van der Waals surface area contributed by atoms with E-state index in [1.807, 2.05) is 0 Å². The molecule has 0 saturated carbocycles. The maximum atomic E-state index is 10.8. The fraction of sp³-hybridized carbons (Fsp3) is 0.545. The molecule has 2 aromatic carbocycles. The van der Waals surface area contributed by atoms with Crippen LogP contribution in [0.15, 0.2) is 42.5 Å². The lowest BCUT2D eigenvalue weighted by Gasteiger charge is -2.34. The highest BCUT2D eigenvalue weighted by Gasteiger charge is 2.29. The van der Waals surface area contributed by atoms with Crippen LogP contribution in [0.3, 0.4) is 0 Å². The SMILES string of the molecule is CC(C)(C)[SiH2]OC(C)(C)c1cc(C=Cc2cccc(CCCCC(=O)O)c2)cc(C(C)(C)O[SiH2]C(C)(C)C)c1. The zero-order valence-corrected chi connectivity index (χ0v) is 28.9. The number of hydrogen-bond donors (Lipinski definition) is 1. The third kappa shape index (κ3) is 12.4. The number of hydrogen-bond acceptors (Lipinski definition) is 3. The molecule has 0 aliphatic carbocycles. The molecule has 39 heavy (non-hydrogen) atoms. The third-order valence-corrected chi connectivity index (χ3v) is 10.1. The lowest BCUT2D eigenvalue weighted by Crippen LogP contribution is -2.30. The summed E-state index contributed by atoms with van der Waals surface area (Å²) in [4.78, 5) is 10.8. The van der Waals surface area contributed by atoms with E-state index in [1.165, 1.54) is 16.7 Å². The van der Waals surface area contributed by atoms with Crippen molar-refractivity contribution in [2.45, 2.75) is 116 Å². The van der Waals surface area contributed by atoms with Crippen LogP contribution in [0.25, 0.3) is 12.2 Å². The molecule has 0 radical (unpaired) electrons. The molecule has 2 rings (SSSR count). The van der Waals surface area contributed by atoms with Crippen LogP contribution in [-0.2, 0) is 31.3 Å². The number of benzene rings is 2. The molecular weight excluding hydrogens is 517 g/mol. The quantitative estimate of drug-likeness (QED) is 0.152. The fourth-order valence-corrected chi connectivity index (χ4v) is 5.97. The highest BCUT2D eigenvalue weighted by atomic mass is 28.2. The van der Waals surface area contributed by atoms with Crippen molar-refractivity contribution in [2.75, 3.05) is 0 Å². The number of aliphatic carboxylic acids is 1. The van der Waals surface area contributed by atoms with Crippen molar-refractivity contribution >= 4 is 37.6 Å². The van der Waals surface area contributed by atoms with E-state index in [1.54, 1.807) is 0 Å². The summed E-state index contributed by atoms with van der Waals surface area (Å²) < 4.78 is 13.2. The largest absolute Gasteiger partial charge is 0.481 e. The summed E-state index contributed by atoms with van der Waals surface area (Å²) >= 11 is 0. The maximum Gasteiger partial charge on any atom is 0.303 e. The predicted molar refractivity (Wildman–Crippen MR) is 172 cm³/mol. The number of carbonyl (C=O) groups is 1. The minimum atomic E-state index is -0.732. The topological polar surface area (TPSA) is 55.8 Å². The van der Waals surface area contributed by atoms with Gasteiger partial charge in [0.05, 0.1) is 11.2 Å². The summed E-state index contributed by atoms with van der Waals surface area (Å²) in [5.74, 6) is -0.725. The Kier molecular flexibility index (Phi) is 11.6. The molecule has 0 bridgehead atoms. The molecule has 1 N–H and O–H groups in total. The maximum absolute atomic E-state index is 10.8. The summed E-state index contributed by atoms with van der Waals surface area (Å²) in [5, 5.41) is 9.32. The van der Waals surface area contributed by atoms with Gasteiger partial charge in [-0.25, -0.2) is 0 Å². The second-order valence-electron chi connectivity index (χ2n) is 14.2. The van der Waals surface area contributed by atoms with E-state index >= 15 is 0 Å². The zero-order chi connectivity index (χ0) is 29.5. The van der Waals surface area contributed by atoms with Crippen LogP contribution in [0.2, 0.25) is 10.1 Å². The average molecular weight is 569 g/mol. The Bertz CT molecular complexity index is 1070. The van der Waals surface area contributed by atoms with E-state index in [0.717, 1.165) is 24.0 Å². The van der Waals surface area contributed by atoms with Gasteiger partial charge in [0, 0.05) is 6.42 Å². The molecule has 4 nitrogen and oxygen atoms in total. The molecule has 6 heteroatoms. The molecule has 0 aromatic heterocycles. The van der Waals surface area contributed by atoms with Crippen LogP contribution < -0.4 is 0 Å². The van der Waals surface area contributed by atoms with Crippen LogP contribution >= 0.6 is 0 Å². The third-order valence-electron chi connectivity index (χ3n) is 6.60. The monoisotopic (exact) mass is 568 g/mol. The van der Waals surface area contributed by atoms with Crippen molar-refractivity contribution in [2.24, 2.45) is 0 Å². The summed E-state index contributed by atoms with van der Waals surface area (Å²) in [7, 11) is -1.46. The zero-order valence-electron chi connectivity index (χ0n) is 26.1. The van der Waals surface area contributed by atoms with E-state index in [-0.39, 0.29) is 27.7 Å². The Labute approximate surface area is 242 Å². The Hall–Kier alpha value is -2.00. The molecule has 0 saturated heterocycles. The number of rotatable bonds is 13. The number of carboxylic acid groups (broad SMARTS) is 1. The van der Waals surface area contributed by atoms with Crippen molar-refractivity contribution < 1.29 is 18.8 Å². The highest BCUT2D eigenvalue weighted by Crippen LogP contribution is 2.35. The van der Waals surface area contributed by atoms with Gasteiger partial charge in [0.2, 0.25) is 0 Å². The number of unbranched alkanes of at least 4 members (excludes halogenated alkanes) is 1. The normalized spacial score (nSPS) is 13.9. The van der Waals surface area contributed by atoms with Gasteiger partial charge in [-0.3, -0.25) is 4.79 Å². The van der Waals surface area contributed by atoms with Crippen molar-refractivity contribution in [3.8, 4) is 0 Å². The lowest BCUT2D eigenvalue weighted by atomic mass is 9.88. The summed E-state index contributed by atoms with van der Waals surface area (Å²) in [6.45, 7) is 22.3. The van der Waals surface area contributed by atoms with Crippen LogP contribution in [0.5, 0.6) is 0 Å². The van der Waals surface area contributed by atoms with Crippen LogP contribution in [-0.4, -0.2) is 30.6 Å². The van der Waals surface area contributed by atoms with Gasteiger partial charge in [0.1, 0.15) is 0 Å². The van der Waals surface area contributed by atoms with Gasteiger partial charge in [0.15, 0.2) is 19.5 Å². The van der Waals surface area contributed by atoms with Crippen molar-refractivity contribution in [1.29, 1.82) is 0 Å². The van der Waals surface area contributed by atoms with Crippen LogP contribution in [0.4, 0.5) is 0 Å². The van der Waals surface area contributed by atoms with E-state index in [9.17, 15) is 4.79 Å². The van der Waals surface area contributed by atoms with Gasteiger partial charge < -0.3 is 14.0 Å². The van der Waals surface area contributed by atoms with E-state index < -0.39 is 25.5 Å². The van der Waals surface area contributed by atoms with E-state index in [4.69, 9.17) is 14.0 Å². The van der Waals surface area contributed by atoms with E-state index in [2.05, 4.69) is 124 Å². The predicted octanol–water partition coefficient (Wildman–Crippen LogP) is 7.76. The van der Waals surface area contributed by atoms with Crippen LogP contribution in [0.1, 0.15) is 116 Å². The molecule has 0 amide bonds. The fourth-order valence-electron chi connectivity index (χ4n) is 4.05. The second kappa shape index (κ2) is 13.6. The number of aryl methyl sites for hydroxylation is 1. The molecule has 0 aliphatic heterocycles. The minimum Gasteiger partial charge on any atom is -0.481 e. The van der Waals surface area contributed by atoms with Gasteiger partial charge in [-0.15, -0.1) is 0 Å². The van der Waals surface area contributed by atoms with Crippen molar-refractivity contribution in [1.82, 2.24) is 0 Å². The minimum absolute atomic E-state index is 0.219. The highest BCUT2D eigenvalue weighted by molar-refractivity contribution is 6.32. The van der Waals surface area contributed by atoms with Crippen LogP contribution in [0, 0.1) is 0 Å². The Morgan fingerprint density at radius 3 is 1.74 bits per heavy atom. The molecular formula is C33H52O4Si2. The Morgan fingerprint density at radius 1 is 0.744 bits per heavy atom. The molecule has 0 spiro atoms. The molecule has 2 aromatic rings. The molecule has 216 valence electrons. The summed E-state index contributed by atoms with van der Waals surface area (Å²) in [6, 6.07) is 15.3. The van der Waals surface area contributed by atoms with Gasteiger partial charge in [0.25, 0.3) is 0 Å². The van der Waals surface area contributed by atoms with Gasteiger partial charge in [-0.2, -0.15) is 0 Å². The van der Waals surface area contributed by atoms with E-state index in [0.29, 0.717) is 6.42 Å². The van der Waals surface area contributed by atoms with Crippen molar-refractivity contribution in [3.05, 3.63) is 70.3 Å². The first-order chi connectivity index (χ1) is 17.9. The first-order valence-electron chi connectivity index (χ1n) is 14.3. The molecule has 0 unspecified atom stereocenters. The second-order valence-corrected chi connectivity index (χ2v) is 19.6.